The van der Waals surface area contributed by atoms with E-state index < -0.39 is 0 Å². The van der Waals surface area contributed by atoms with Gasteiger partial charge >= 0.3 is 0 Å². The lowest BCUT2D eigenvalue weighted by Crippen LogP contribution is -2.49. The molecule has 0 saturated carbocycles. The lowest BCUT2D eigenvalue weighted by molar-refractivity contribution is -0.126. The van der Waals surface area contributed by atoms with E-state index >= 15 is 0 Å². The molecule has 2 saturated heterocycles. The molecule has 1 aromatic rings. The lowest BCUT2D eigenvalue weighted by atomic mass is 9.88. The molecule has 1 unspecified atom stereocenters. The average molecular weight is 301 g/mol. The Kier molecular flexibility index (Phi) is 5.11. The van der Waals surface area contributed by atoms with Crippen molar-refractivity contribution in [3.8, 4) is 0 Å². The summed E-state index contributed by atoms with van der Waals surface area (Å²) in [6, 6.07) is 8.62. The molecular weight excluding hydrogens is 274 g/mol. The van der Waals surface area contributed by atoms with Gasteiger partial charge in [-0.25, -0.2) is 0 Å². The lowest BCUT2D eigenvalue weighted by Gasteiger charge is -2.31. The van der Waals surface area contributed by atoms with Gasteiger partial charge in [0, 0.05) is 19.0 Å². The van der Waals surface area contributed by atoms with Crippen LogP contribution in [0.25, 0.3) is 0 Å². The molecule has 0 aliphatic carbocycles. The number of benzene rings is 1. The predicted octanol–water partition coefficient (Wildman–Crippen LogP) is 1.75. The van der Waals surface area contributed by atoms with Gasteiger partial charge in [-0.2, -0.15) is 0 Å². The van der Waals surface area contributed by atoms with E-state index in [-0.39, 0.29) is 11.8 Å². The summed E-state index contributed by atoms with van der Waals surface area (Å²) in [5.74, 6) is 0.784. The summed E-state index contributed by atoms with van der Waals surface area (Å²) in [5, 5.41) is 6.32. The van der Waals surface area contributed by atoms with Crippen molar-refractivity contribution in [3.63, 3.8) is 0 Å². The Morgan fingerprint density at radius 3 is 2.73 bits per heavy atom. The van der Waals surface area contributed by atoms with Crippen LogP contribution in [0.2, 0.25) is 0 Å². The Morgan fingerprint density at radius 1 is 1.32 bits per heavy atom. The zero-order valence-corrected chi connectivity index (χ0v) is 13.5. The quantitative estimate of drug-likeness (QED) is 0.841. The molecule has 0 radical (unpaired) electrons. The van der Waals surface area contributed by atoms with Crippen LogP contribution in [0.4, 0.5) is 0 Å². The van der Waals surface area contributed by atoms with Crippen molar-refractivity contribution in [3.05, 3.63) is 35.4 Å². The minimum absolute atomic E-state index is 0.106. The van der Waals surface area contributed by atoms with Gasteiger partial charge in [-0.1, -0.05) is 31.2 Å². The molecule has 0 bridgehead atoms. The fourth-order valence-corrected chi connectivity index (χ4v) is 3.27. The van der Waals surface area contributed by atoms with Crippen molar-refractivity contribution >= 4 is 5.91 Å². The van der Waals surface area contributed by atoms with Crippen molar-refractivity contribution in [1.29, 1.82) is 0 Å². The molecule has 4 nitrogen and oxygen atoms in total. The van der Waals surface area contributed by atoms with Gasteiger partial charge < -0.3 is 10.6 Å². The minimum Gasteiger partial charge on any atom is -0.352 e. The summed E-state index contributed by atoms with van der Waals surface area (Å²) in [6.45, 7) is 8.08. The number of nitrogens with zero attached hydrogens (tertiary/aromatic N) is 1. The largest absolute Gasteiger partial charge is 0.352 e. The first kappa shape index (κ1) is 15.5. The fraction of sp³-hybridized carbons (Fsp3) is 0.611. The van der Waals surface area contributed by atoms with E-state index in [9.17, 15) is 4.79 Å². The highest BCUT2D eigenvalue weighted by atomic mass is 16.1. The highest BCUT2D eigenvalue weighted by molar-refractivity contribution is 5.78. The summed E-state index contributed by atoms with van der Waals surface area (Å²) in [4.78, 5) is 14.7. The molecule has 2 N–H and O–H groups in total. The Balaban J connectivity index is 1.50. The number of nitrogens with one attached hydrogen (secondary N) is 2. The number of carbonyl (C=O) groups excluding carboxylic acids is 1. The molecule has 2 heterocycles. The number of rotatable bonds is 6. The van der Waals surface area contributed by atoms with Crippen LogP contribution < -0.4 is 10.6 Å². The molecular formula is C18H27N3O. The van der Waals surface area contributed by atoms with E-state index in [1.807, 2.05) is 6.92 Å². The average Bonchev–Trinajstić information content (AvgIpc) is 2.96. The van der Waals surface area contributed by atoms with Gasteiger partial charge in [0.15, 0.2) is 0 Å². The molecule has 1 amide bonds. The minimum atomic E-state index is 0.106. The maximum atomic E-state index is 12.2. The van der Waals surface area contributed by atoms with Gasteiger partial charge in [0.05, 0.1) is 0 Å². The van der Waals surface area contributed by atoms with Crippen LogP contribution in [0.15, 0.2) is 24.3 Å². The number of likely N-dealkylation sites (tertiary alicyclic amines) is 1. The van der Waals surface area contributed by atoms with Crippen LogP contribution in [0, 0.1) is 11.8 Å². The summed E-state index contributed by atoms with van der Waals surface area (Å²) in [5.41, 5.74) is 2.55. The second-order valence-electron chi connectivity index (χ2n) is 6.73. The van der Waals surface area contributed by atoms with E-state index in [4.69, 9.17) is 0 Å². The zero-order chi connectivity index (χ0) is 15.4. The number of hydrogen-bond acceptors (Lipinski definition) is 3. The molecule has 4 heteroatoms. The normalized spacial score (nSPS) is 20.6. The van der Waals surface area contributed by atoms with Crippen molar-refractivity contribution in [2.75, 3.05) is 26.2 Å². The zero-order valence-electron chi connectivity index (χ0n) is 13.5. The number of amides is 1. The topological polar surface area (TPSA) is 44.4 Å². The standard InChI is InChI=1S/C18H27N3O/c1-14(17-11-19-12-17)18(22)20-10-15-5-4-6-16(9-15)13-21-7-2-3-8-21/h4-6,9,14,17,19H,2-3,7-8,10-13H2,1H3,(H,20,22). The van der Waals surface area contributed by atoms with Crippen LogP contribution in [-0.2, 0) is 17.9 Å². The van der Waals surface area contributed by atoms with Crippen molar-refractivity contribution in [1.82, 2.24) is 15.5 Å². The molecule has 3 rings (SSSR count). The van der Waals surface area contributed by atoms with Gasteiger partial charge in [0.2, 0.25) is 5.91 Å². The second kappa shape index (κ2) is 7.25. The summed E-state index contributed by atoms with van der Waals surface area (Å²) >= 11 is 0. The van der Waals surface area contributed by atoms with E-state index in [2.05, 4.69) is 39.8 Å². The van der Waals surface area contributed by atoms with Crippen molar-refractivity contribution < 1.29 is 4.79 Å². The molecule has 22 heavy (non-hydrogen) atoms. The van der Waals surface area contributed by atoms with Crippen LogP contribution in [-0.4, -0.2) is 37.0 Å². The summed E-state index contributed by atoms with van der Waals surface area (Å²) in [7, 11) is 0. The monoisotopic (exact) mass is 301 g/mol. The maximum absolute atomic E-state index is 12.2. The van der Waals surface area contributed by atoms with Crippen LogP contribution >= 0.6 is 0 Å². The highest BCUT2D eigenvalue weighted by Crippen LogP contribution is 2.17. The van der Waals surface area contributed by atoms with Crippen molar-refractivity contribution in [2.24, 2.45) is 11.8 Å². The van der Waals surface area contributed by atoms with Crippen LogP contribution in [0.3, 0.4) is 0 Å². The van der Waals surface area contributed by atoms with Gasteiger partial charge in [0.25, 0.3) is 0 Å². The maximum Gasteiger partial charge on any atom is 0.223 e. The Hall–Kier alpha value is -1.39. The van der Waals surface area contributed by atoms with E-state index in [0.717, 1.165) is 19.6 Å². The fourth-order valence-electron chi connectivity index (χ4n) is 3.27. The van der Waals surface area contributed by atoms with Gasteiger partial charge in [-0.15, -0.1) is 0 Å². The SMILES string of the molecule is CC(C(=O)NCc1cccc(CN2CCCC2)c1)C1CNC1. The third-order valence-electron chi connectivity index (χ3n) is 5.00. The molecule has 1 aromatic carbocycles. The number of hydrogen-bond donors (Lipinski definition) is 2. The molecule has 2 aliphatic heterocycles. The molecule has 0 spiro atoms. The molecule has 2 aliphatic rings. The van der Waals surface area contributed by atoms with Crippen molar-refractivity contribution in [2.45, 2.75) is 32.9 Å². The smallest absolute Gasteiger partial charge is 0.223 e. The molecule has 1 atom stereocenters. The van der Waals surface area contributed by atoms with E-state index in [1.165, 1.54) is 37.1 Å². The Labute approximate surface area is 133 Å². The van der Waals surface area contributed by atoms with E-state index in [1.54, 1.807) is 0 Å². The van der Waals surface area contributed by atoms with Crippen LogP contribution in [0.5, 0.6) is 0 Å². The van der Waals surface area contributed by atoms with Gasteiger partial charge in [-0.05, 0) is 56.1 Å². The second-order valence-corrected chi connectivity index (χ2v) is 6.73. The predicted molar refractivity (Wildman–Crippen MR) is 88.3 cm³/mol. The highest BCUT2D eigenvalue weighted by Gasteiger charge is 2.28. The first-order chi connectivity index (χ1) is 10.7. The molecule has 0 aromatic heterocycles. The first-order valence-electron chi connectivity index (χ1n) is 8.51. The Morgan fingerprint density at radius 2 is 2.05 bits per heavy atom. The van der Waals surface area contributed by atoms with E-state index in [0.29, 0.717) is 12.5 Å². The molecule has 120 valence electrons. The molecule has 2 fully saturated rings. The number of carbonyl (C=O) groups is 1. The van der Waals surface area contributed by atoms with Gasteiger partial charge in [0.1, 0.15) is 0 Å². The third-order valence-corrected chi connectivity index (χ3v) is 5.00. The van der Waals surface area contributed by atoms with Crippen LogP contribution in [0.1, 0.15) is 30.9 Å². The third kappa shape index (κ3) is 3.87. The first-order valence-corrected chi connectivity index (χ1v) is 8.51. The Bertz CT molecular complexity index is 507. The van der Waals surface area contributed by atoms with Gasteiger partial charge in [-0.3, -0.25) is 9.69 Å². The summed E-state index contributed by atoms with van der Waals surface area (Å²) in [6.07, 6.45) is 2.65. The summed E-state index contributed by atoms with van der Waals surface area (Å²) < 4.78 is 0.